The molecule has 2 nitrogen and oxygen atoms in total. The van der Waals surface area contributed by atoms with Gasteiger partial charge in [0.15, 0.2) is 0 Å². The van der Waals surface area contributed by atoms with Gasteiger partial charge in [-0.2, -0.15) is 0 Å². The standard InChI is InChI=1S/C15H24O2/c1-14(2,17)12-7-9-15(3)8-6-11(10-16)4-5-13(12)15/h6,10,12-13,17H,4-5,7-9H2,1-3H3. The summed E-state index contributed by atoms with van der Waals surface area (Å²) in [7, 11) is 0. The zero-order valence-corrected chi connectivity index (χ0v) is 11.2. The number of hydrogen-bond donors (Lipinski definition) is 1. The van der Waals surface area contributed by atoms with Crippen molar-refractivity contribution in [1.82, 2.24) is 0 Å². The van der Waals surface area contributed by atoms with Gasteiger partial charge in [0.25, 0.3) is 0 Å². The Labute approximate surface area is 104 Å². The van der Waals surface area contributed by atoms with Crippen LogP contribution in [0.2, 0.25) is 0 Å². The van der Waals surface area contributed by atoms with Crippen molar-refractivity contribution in [1.29, 1.82) is 0 Å². The van der Waals surface area contributed by atoms with E-state index >= 15 is 0 Å². The normalized spacial score (nSPS) is 38.2. The molecule has 0 bridgehead atoms. The second-order valence-electron chi connectivity index (χ2n) is 6.70. The van der Waals surface area contributed by atoms with Crippen LogP contribution in [-0.2, 0) is 4.79 Å². The third-order valence-corrected chi connectivity index (χ3v) is 5.04. The molecule has 2 rings (SSSR count). The van der Waals surface area contributed by atoms with Crippen molar-refractivity contribution in [3.05, 3.63) is 11.6 Å². The number of aliphatic hydroxyl groups is 1. The average molecular weight is 236 g/mol. The van der Waals surface area contributed by atoms with E-state index in [1.165, 1.54) is 6.42 Å². The minimum Gasteiger partial charge on any atom is -0.390 e. The number of carbonyl (C=O) groups is 1. The highest BCUT2D eigenvalue weighted by molar-refractivity contribution is 5.73. The van der Waals surface area contributed by atoms with Gasteiger partial charge in [-0.3, -0.25) is 4.79 Å². The highest BCUT2D eigenvalue weighted by Gasteiger charge is 2.49. The van der Waals surface area contributed by atoms with Crippen LogP contribution in [0.25, 0.3) is 0 Å². The minimum atomic E-state index is -0.589. The van der Waals surface area contributed by atoms with E-state index in [1.807, 2.05) is 13.8 Å². The summed E-state index contributed by atoms with van der Waals surface area (Å²) in [5, 5.41) is 10.3. The summed E-state index contributed by atoms with van der Waals surface area (Å²) in [5.74, 6) is 0.933. The molecule has 0 radical (unpaired) electrons. The molecule has 0 spiro atoms. The zero-order chi connectivity index (χ0) is 12.7. The first kappa shape index (κ1) is 12.8. The largest absolute Gasteiger partial charge is 0.390 e. The molecule has 0 aromatic rings. The van der Waals surface area contributed by atoms with E-state index < -0.39 is 5.60 Å². The molecule has 96 valence electrons. The fourth-order valence-electron chi connectivity index (χ4n) is 3.90. The van der Waals surface area contributed by atoms with Crippen LogP contribution in [0.4, 0.5) is 0 Å². The van der Waals surface area contributed by atoms with Gasteiger partial charge in [-0.15, -0.1) is 0 Å². The molecule has 0 heterocycles. The van der Waals surface area contributed by atoms with E-state index in [4.69, 9.17) is 0 Å². The summed E-state index contributed by atoms with van der Waals surface area (Å²) in [5.41, 5.74) is 0.652. The maximum Gasteiger partial charge on any atom is 0.145 e. The van der Waals surface area contributed by atoms with E-state index in [2.05, 4.69) is 13.0 Å². The van der Waals surface area contributed by atoms with Crippen LogP contribution in [-0.4, -0.2) is 17.0 Å². The smallest absolute Gasteiger partial charge is 0.145 e. The molecule has 0 amide bonds. The van der Waals surface area contributed by atoms with Crippen molar-refractivity contribution >= 4 is 6.29 Å². The molecule has 1 saturated carbocycles. The highest BCUT2D eigenvalue weighted by atomic mass is 16.3. The lowest BCUT2D eigenvalue weighted by atomic mass is 9.70. The van der Waals surface area contributed by atoms with Crippen LogP contribution in [0, 0.1) is 17.3 Å². The van der Waals surface area contributed by atoms with Crippen LogP contribution in [0.3, 0.4) is 0 Å². The third kappa shape index (κ3) is 2.33. The second kappa shape index (κ2) is 4.24. The van der Waals surface area contributed by atoms with Crippen molar-refractivity contribution in [2.24, 2.45) is 17.3 Å². The summed E-state index contributed by atoms with van der Waals surface area (Å²) >= 11 is 0. The van der Waals surface area contributed by atoms with Crippen LogP contribution in [0.5, 0.6) is 0 Å². The van der Waals surface area contributed by atoms with Crippen molar-refractivity contribution < 1.29 is 9.90 Å². The van der Waals surface area contributed by atoms with Gasteiger partial charge in [0.2, 0.25) is 0 Å². The molecule has 0 aromatic carbocycles. The Balaban J connectivity index is 2.22. The molecule has 2 aliphatic carbocycles. The van der Waals surface area contributed by atoms with Gasteiger partial charge in [-0.05, 0) is 68.8 Å². The highest BCUT2D eigenvalue weighted by Crippen LogP contribution is 2.55. The fourth-order valence-corrected chi connectivity index (χ4v) is 3.90. The first-order valence-electron chi connectivity index (χ1n) is 6.73. The number of carbonyl (C=O) groups excluding carboxylic acids is 1. The summed E-state index contributed by atoms with van der Waals surface area (Å²) in [6, 6.07) is 0. The zero-order valence-electron chi connectivity index (χ0n) is 11.2. The molecular formula is C15H24O2. The fraction of sp³-hybridized carbons (Fsp3) is 0.800. The van der Waals surface area contributed by atoms with E-state index in [9.17, 15) is 9.90 Å². The summed E-state index contributed by atoms with van der Waals surface area (Å²) < 4.78 is 0. The first-order chi connectivity index (χ1) is 7.87. The van der Waals surface area contributed by atoms with Gasteiger partial charge in [0.05, 0.1) is 5.60 Å². The van der Waals surface area contributed by atoms with Gasteiger partial charge in [0, 0.05) is 0 Å². The van der Waals surface area contributed by atoms with E-state index in [-0.39, 0.29) is 5.41 Å². The van der Waals surface area contributed by atoms with Crippen LogP contribution >= 0.6 is 0 Å². The predicted molar refractivity (Wildman–Crippen MR) is 68.6 cm³/mol. The first-order valence-corrected chi connectivity index (χ1v) is 6.73. The van der Waals surface area contributed by atoms with E-state index in [0.29, 0.717) is 11.8 Å². The number of aldehydes is 1. The molecule has 2 heteroatoms. The van der Waals surface area contributed by atoms with Gasteiger partial charge in [-0.1, -0.05) is 13.0 Å². The number of rotatable bonds is 2. The van der Waals surface area contributed by atoms with Gasteiger partial charge >= 0.3 is 0 Å². The SMILES string of the molecule is CC(C)(O)C1CCC2(C)CC=C(C=O)CCC12. The third-order valence-electron chi connectivity index (χ3n) is 5.04. The maximum absolute atomic E-state index is 10.9. The Morgan fingerprint density at radius 2 is 2.18 bits per heavy atom. The van der Waals surface area contributed by atoms with Crippen LogP contribution in [0.15, 0.2) is 11.6 Å². The maximum atomic E-state index is 10.9. The number of hydrogen-bond acceptors (Lipinski definition) is 2. The molecule has 2 aliphatic rings. The van der Waals surface area contributed by atoms with Gasteiger partial charge < -0.3 is 5.11 Å². The number of fused-ring (bicyclic) bond motifs is 1. The topological polar surface area (TPSA) is 37.3 Å². The van der Waals surface area contributed by atoms with Crippen molar-refractivity contribution in [3.63, 3.8) is 0 Å². The molecule has 3 unspecified atom stereocenters. The Hall–Kier alpha value is -0.630. The molecule has 1 N–H and O–H groups in total. The lowest BCUT2D eigenvalue weighted by Crippen LogP contribution is -2.37. The molecule has 0 aromatic heterocycles. The Morgan fingerprint density at radius 3 is 2.76 bits per heavy atom. The van der Waals surface area contributed by atoms with E-state index in [0.717, 1.165) is 37.5 Å². The molecule has 3 atom stereocenters. The van der Waals surface area contributed by atoms with Crippen molar-refractivity contribution in [2.45, 2.75) is 58.5 Å². The lowest BCUT2D eigenvalue weighted by Gasteiger charge is -2.37. The van der Waals surface area contributed by atoms with E-state index in [1.54, 1.807) is 0 Å². The van der Waals surface area contributed by atoms with Crippen molar-refractivity contribution in [2.75, 3.05) is 0 Å². The molecule has 0 saturated heterocycles. The quantitative estimate of drug-likeness (QED) is 0.748. The summed E-state index contributed by atoms with van der Waals surface area (Å²) in [6.45, 7) is 6.19. The monoisotopic (exact) mass is 236 g/mol. The predicted octanol–water partition coefficient (Wildman–Crippen LogP) is 3.10. The van der Waals surface area contributed by atoms with Crippen LogP contribution < -0.4 is 0 Å². The summed E-state index contributed by atoms with van der Waals surface area (Å²) in [6.07, 6.45) is 8.36. The molecule has 0 aliphatic heterocycles. The molecule has 17 heavy (non-hydrogen) atoms. The summed E-state index contributed by atoms with van der Waals surface area (Å²) in [4.78, 5) is 10.9. The lowest BCUT2D eigenvalue weighted by molar-refractivity contribution is -0.105. The Bertz CT molecular complexity index is 337. The van der Waals surface area contributed by atoms with Gasteiger partial charge in [0.1, 0.15) is 6.29 Å². The Kier molecular flexibility index (Phi) is 3.19. The minimum absolute atomic E-state index is 0.287. The second-order valence-corrected chi connectivity index (χ2v) is 6.70. The van der Waals surface area contributed by atoms with Crippen LogP contribution in [0.1, 0.15) is 52.9 Å². The molecule has 1 fully saturated rings. The average Bonchev–Trinajstić information content (AvgIpc) is 2.48. The molecular weight excluding hydrogens is 212 g/mol. The Morgan fingerprint density at radius 1 is 1.47 bits per heavy atom. The number of allylic oxidation sites excluding steroid dienone is 2. The van der Waals surface area contributed by atoms with Gasteiger partial charge in [-0.25, -0.2) is 0 Å². The van der Waals surface area contributed by atoms with Crippen molar-refractivity contribution in [3.8, 4) is 0 Å².